The number of aliphatic carboxylic acids is 1. The van der Waals surface area contributed by atoms with Crippen molar-refractivity contribution in [2.75, 3.05) is 5.73 Å². The lowest BCUT2D eigenvalue weighted by Gasteiger charge is -2.24. The van der Waals surface area contributed by atoms with Gasteiger partial charge in [-0.25, -0.2) is 4.98 Å². The summed E-state index contributed by atoms with van der Waals surface area (Å²) in [5.41, 5.74) is 9.29. The summed E-state index contributed by atoms with van der Waals surface area (Å²) in [6.07, 6.45) is -5.43. The Labute approximate surface area is 179 Å². The first-order valence-electron chi connectivity index (χ1n) is 9.17. The fourth-order valence-electron chi connectivity index (χ4n) is 3.51. The number of hydrogen-bond donors (Lipinski definition) is 3. The van der Waals surface area contributed by atoms with Crippen molar-refractivity contribution in [2.24, 2.45) is 5.73 Å². The van der Waals surface area contributed by atoms with Gasteiger partial charge in [-0.15, -0.1) is 0 Å². The maximum Gasteiger partial charge on any atom is 0.418 e. The Morgan fingerprint density at radius 1 is 1.31 bits per heavy atom. The number of fused-ring (bicyclic) bond motifs is 1. The number of pyridine rings is 1. The fraction of sp³-hybridized carbons (Fsp3) is 0.250. The highest BCUT2D eigenvalue weighted by Gasteiger charge is 2.38. The van der Waals surface area contributed by atoms with Crippen molar-refractivity contribution in [3.8, 4) is 17.3 Å². The summed E-state index contributed by atoms with van der Waals surface area (Å²) >= 11 is 0. The minimum Gasteiger partial charge on any atom is -0.481 e. The van der Waals surface area contributed by atoms with Gasteiger partial charge in [0, 0.05) is 24.1 Å². The molecule has 1 aliphatic heterocycles. The largest absolute Gasteiger partial charge is 0.481 e. The summed E-state index contributed by atoms with van der Waals surface area (Å²) in [6, 6.07) is 4.83. The Hall–Kier alpha value is -4.14. The molecule has 0 aliphatic carbocycles. The number of carbonyl (C=O) groups excluding carboxylic acids is 2. The number of amides is 2. The van der Waals surface area contributed by atoms with Crippen LogP contribution in [-0.2, 0) is 22.3 Å². The second-order valence-electron chi connectivity index (χ2n) is 7.08. The van der Waals surface area contributed by atoms with E-state index in [1.165, 1.54) is 18.2 Å². The maximum absolute atomic E-state index is 13.6. The minimum absolute atomic E-state index is 0.00285. The van der Waals surface area contributed by atoms with Gasteiger partial charge in [0.25, 0.3) is 5.91 Å². The molecule has 166 valence electrons. The molecular weight excluding hydrogens is 431 g/mol. The van der Waals surface area contributed by atoms with E-state index in [1.807, 2.05) is 0 Å². The van der Waals surface area contributed by atoms with Crippen molar-refractivity contribution in [1.29, 1.82) is 5.26 Å². The first kappa shape index (κ1) is 22.5. The Kier molecular flexibility index (Phi) is 5.76. The molecular formula is C20H16F3N5O4. The second-order valence-corrected chi connectivity index (χ2v) is 7.08. The van der Waals surface area contributed by atoms with Crippen LogP contribution in [0.4, 0.5) is 19.0 Å². The lowest BCUT2D eigenvalue weighted by atomic mass is 9.99. The Bertz CT molecular complexity index is 1170. The Morgan fingerprint density at radius 3 is 2.56 bits per heavy atom. The summed E-state index contributed by atoms with van der Waals surface area (Å²) in [6.45, 7) is -0.150. The van der Waals surface area contributed by atoms with Crippen molar-refractivity contribution >= 4 is 23.6 Å². The van der Waals surface area contributed by atoms with E-state index in [0.29, 0.717) is 11.6 Å². The summed E-state index contributed by atoms with van der Waals surface area (Å²) in [5, 5.41) is 17.8. The number of rotatable bonds is 6. The average Bonchev–Trinajstić information content (AvgIpc) is 3.02. The zero-order chi connectivity index (χ0) is 23.8. The van der Waals surface area contributed by atoms with Crippen LogP contribution in [0.5, 0.6) is 0 Å². The normalized spacial score (nSPS) is 14.1. The average molecular weight is 447 g/mol. The van der Waals surface area contributed by atoms with Gasteiger partial charge in [0.2, 0.25) is 5.91 Å². The van der Waals surface area contributed by atoms with Gasteiger partial charge in [-0.2, -0.15) is 18.4 Å². The number of hydrogen-bond acceptors (Lipinski definition) is 6. The van der Waals surface area contributed by atoms with Crippen LogP contribution < -0.4 is 11.5 Å². The fourth-order valence-corrected chi connectivity index (χ4v) is 3.51. The SMILES string of the molecule is N#Cc1cc(C(F)(F)F)c(-c2ccc3c(c2)CN([C@@H](CCC(=O)O)C(N)=O)C3=O)nc1N. The van der Waals surface area contributed by atoms with Gasteiger partial charge in [0.05, 0.1) is 16.8 Å². The number of halogens is 3. The summed E-state index contributed by atoms with van der Waals surface area (Å²) < 4.78 is 40.7. The lowest BCUT2D eigenvalue weighted by Crippen LogP contribution is -2.45. The second kappa shape index (κ2) is 8.18. The van der Waals surface area contributed by atoms with E-state index in [4.69, 9.17) is 21.8 Å². The molecule has 0 fully saturated rings. The molecule has 0 saturated heterocycles. The highest BCUT2D eigenvalue weighted by atomic mass is 19.4. The van der Waals surface area contributed by atoms with Gasteiger partial charge in [-0.1, -0.05) is 6.07 Å². The number of nitrogens with zero attached hydrogens (tertiary/aromatic N) is 3. The number of nitriles is 1. The minimum atomic E-state index is -4.82. The number of alkyl halides is 3. The van der Waals surface area contributed by atoms with Gasteiger partial charge in [0.15, 0.2) is 0 Å². The molecule has 2 heterocycles. The van der Waals surface area contributed by atoms with E-state index >= 15 is 0 Å². The number of carbonyl (C=O) groups is 3. The smallest absolute Gasteiger partial charge is 0.418 e. The molecule has 0 spiro atoms. The first-order chi connectivity index (χ1) is 14.9. The van der Waals surface area contributed by atoms with Crippen LogP contribution in [0.25, 0.3) is 11.3 Å². The number of benzene rings is 1. The van der Waals surface area contributed by atoms with E-state index in [1.54, 1.807) is 6.07 Å². The molecule has 1 aliphatic rings. The van der Waals surface area contributed by atoms with E-state index in [2.05, 4.69) is 4.98 Å². The van der Waals surface area contributed by atoms with Crippen molar-refractivity contribution in [1.82, 2.24) is 9.88 Å². The summed E-state index contributed by atoms with van der Waals surface area (Å²) in [5.74, 6) is -3.04. The van der Waals surface area contributed by atoms with Crippen LogP contribution in [0.1, 0.15) is 39.9 Å². The highest BCUT2D eigenvalue weighted by molar-refractivity contribution is 6.01. The third kappa shape index (κ3) is 4.18. The zero-order valence-corrected chi connectivity index (χ0v) is 16.3. The van der Waals surface area contributed by atoms with E-state index in [9.17, 15) is 27.6 Å². The number of nitrogen functional groups attached to an aromatic ring is 1. The standard InChI is InChI=1S/C20H16F3N5O4/c21-20(22,23)13-6-10(7-24)17(25)27-16(13)9-1-2-12-11(5-9)8-28(19(12)32)14(18(26)31)3-4-15(29)30/h1-2,5-6,14H,3-4,8H2,(H2,25,27)(H2,26,31)(H,29,30)/t14-/m0/s1. The van der Waals surface area contributed by atoms with Crippen molar-refractivity contribution in [3.05, 3.63) is 46.5 Å². The van der Waals surface area contributed by atoms with Crippen LogP contribution >= 0.6 is 0 Å². The molecule has 2 amide bonds. The molecule has 0 saturated carbocycles. The molecule has 0 radical (unpaired) electrons. The number of nitrogens with two attached hydrogens (primary N) is 2. The predicted octanol–water partition coefficient (Wildman–Crippen LogP) is 1.90. The topological polar surface area (TPSA) is 163 Å². The van der Waals surface area contributed by atoms with Crippen LogP contribution in [0.3, 0.4) is 0 Å². The molecule has 12 heteroatoms. The van der Waals surface area contributed by atoms with Crippen LogP contribution in [-0.4, -0.2) is 38.8 Å². The van der Waals surface area contributed by atoms with Gasteiger partial charge in [-0.3, -0.25) is 14.4 Å². The number of primary amides is 1. The molecule has 0 unspecified atom stereocenters. The van der Waals surface area contributed by atoms with Gasteiger partial charge in [0.1, 0.15) is 17.9 Å². The van der Waals surface area contributed by atoms with Crippen LogP contribution in [0, 0.1) is 11.3 Å². The van der Waals surface area contributed by atoms with E-state index < -0.39 is 53.2 Å². The molecule has 9 nitrogen and oxygen atoms in total. The van der Waals surface area contributed by atoms with E-state index in [-0.39, 0.29) is 29.9 Å². The number of aromatic nitrogens is 1. The Balaban J connectivity index is 2.03. The first-order valence-corrected chi connectivity index (χ1v) is 9.17. The maximum atomic E-state index is 13.6. The predicted molar refractivity (Wildman–Crippen MR) is 104 cm³/mol. The molecule has 2 aromatic rings. The third-order valence-corrected chi connectivity index (χ3v) is 5.02. The molecule has 3 rings (SSSR count). The number of carboxylic acids is 1. The third-order valence-electron chi connectivity index (χ3n) is 5.02. The quantitative estimate of drug-likeness (QED) is 0.609. The lowest BCUT2D eigenvalue weighted by molar-refractivity contribution is -0.138. The summed E-state index contributed by atoms with van der Waals surface area (Å²) in [4.78, 5) is 40.2. The molecule has 1 aromatic carbocycles. The van der Waals surface area contributed by atoms with Crippen LogP contribution in [0.15, 0.2) is 24.3 Å². The van der Waals surface area contributed by atoms with Crippen molar-refractivity contribution in [2.45, 2.75) is 31.6 Å². The molecule has 1 atom stereocenters. The van der Waals surface area contributed by atoms with E-state index in [0.717, 1.165) is 4.90 Å². The van der Waals surface area contributed by atoms with Gasteiger partial charge < -0.3 is 21.5 Å². The Morgan fingerprint density at radius 2 is 2.00 bits per heavy atom. The summed E-state index contributed by atoms with van der Waals surface area (Å²) in [7, 11) is 0. The van der Waals surface area contributed by atoms with Crippen LogP contribution in [0.2, 0.25) is 0 Å². The number of anilines is 1. The highest BCUT2D eigenvalue weighted by Crippen LogP contribution is 2.39. The zero-order valence-electron chi connectivity index (χ0n) is 16.3. The molecule has 0 bridgehead atoms. The van der Waals surface area contributed by atoms with Gasteiger partial charge >= 0.3 is 12.1 Å². The van der Waals surface area contributed by atoms with Crippen molar-refractivity contribution < 1.29 is 32.7 Å². The molecule has 1 aromatic heterocycles. The number of carboxylic acid groups (broad SMARTS) is 1. The van der Waals surface area contributed by atoms with Crippen molar-refractivity contribution in [3.63, 3.8) is 0 Å². The van der Waals surface area contributed by atoms with Gasteiger partial charge in [-0.05, 0) is 30.2 Å². The molecule has 32 heavy (non-hydrogen) atoms. The monoisotopic (exact) mass is 447 g/mol. The molecule has 5 N–H and O–H groups in total.